The van der Waals surface area contributed by atoms with Crippen molar-refractivity contribution in [3.8, 4) is 0 Å². The molecule has 3 N–H and O–H groups in total. The maximum atomic E-state index is 12.2. The molecule has 0 fully saturated rings. The highest BCUT2D eigenvalue weighted by Crippen LogP contribution is 2.33. The first-order valence-corrected chi connectivity index (χ1v) is 8.91. The molecule has 0 radical (unpaired) electrons. The van der Waals surface area contributed by atoms with Gasteiger partial charge in [-0.2, -0.15) is 0 Å². The number of hydrogen-bond acceptors (Lipinski definition) is 3. The molecule has 0 aromatic heterocycles. The first-order valence-electron chi connectivity index (χ1n) is 7.54. The highest BCUT2D eigenvalue weighted by atomic mass is 35.5. The van der Waals surface area contributed by atoms with E-state index < -0.39 is 5.91 Å². The number of carbonyl (C=O) groups is 2. The number of primary amides is 1. The van der Waals surface area contributed by atoms with Gasteiger partial charge in [-0.05, 0) is 35.7 Å². The largest absolute Gasteiger partial charge is 0.366 e. The zero-order chi connectivity index (χ0) is 17.8. The molecule has 0 aliphatic rings. The van der Waals surface area contributed by atoms with Gasteiger partial charge in [0.1, 0.15) is 0 Å². The van der Waals surface area contributed by atoms with Crippen molar-refractivity contribution in [1.82, 2.24) is 0 Å². The number of anilines is 1. The van der Waals surface area contributed by atoms with Crippen molar-refractivity contribution in [2.24, 2.45) is 5.73 Å². The summed E-state index contributed by atoms with van der Waals surface area (Å²) in [5, 5.41) is 5.41. The molecule has 4 nitrogen and oxygen atoms in total. The van der Waals surface area contributed by atoms with Crippen molar-refractivity contribution in [3.63, 3.8) is 0 Å². The highest BCUT2D eigenvalue weighted by Gasteiger charge is 2.09. The Morgan fingerprint density at radius 1 is 1.04 bits per heavy atom. The van der Waals surface area contributed by atoms with Gasteiger partial charge in [0.05, 0.1) is 5.75 Å². The summed E-state index contributed by atoms with van der Waals surface area (Å²) < 4.78 is 0. The lowest BCUT2D eigenvalue weighted by molar-refractivity contribution is -0.113. The van der Waals surface area contributed by atoms with E-state index >= 15 is 0 Å². The van der Waals surface area contributed by atoms with Gasteiger partial charge in [-0.3, -0.25) is 9.59 Å². The molecule has 0 saturated carbocycles. The lowest BCUT2D eigenvalue weighted by Crippen LogP contribution is -2.15. The summed E-state index contributed by atoms with van der Waals surface area (Å²) in [6.45, 7) is 0. The normalized spacial score (nSPS) is 10.6. The van der Waals surface area contributed by atoms with Crippen LogP contribution in [0.3, 0.4) is 0 Å². The molecule has 0 aliphatic heterocycles. The number of halogens is 1. The van der Waals surface area contributed by atoms with E-state index in [1.807, 2.05) is 36.4 Å². The van der Waals surface area contributed by atoms with Crippen molar-refractivity contribution in [2.75, 3.05) is 11.1 Å². The van der Waals surface area contributed by atoms with Crippen LogP contribution in [0.2, 0.25) is 5.02 Å². The van der Waals surface area contributed by atoms with Crippen LogP contribution in [0.5, 0.6) is 0 Å². The maximum Gasteiger partial charge on any atom is 0.248 e. The summed E-state index contributed by atoms with van der Waals surface area (Å²) in [5.74, 6) is -0.475. The van der Waals surface area contributed by atoms with E-state index in [2.05, 4.69) is 5.32 Å². The Morgan fingerprint density at radius 2 is 1.76 bits per heavy atom. The molecule has 0 spiro atoms. The minimum Gasteiger partial charge on any atom is -0.366 e. The topological polar surface area (TPSA) is 72.2 Å². The Balaban J connectivity index is 1.71. The third-order valence-corrected chi connectivity index (χ3v) is 4.98. The second kappa shape index (κ2) is 7.59. The fourth-order valence-corrected chi connectivity index (χ4v) is 3.72. The number of thioether (sulfide) groups is 1. The van der Waals surface area contributed by atoms with Crippen molar-refractivity contribution >= 4 is 51.6 Å². The van der Waals surface area contributed by atoms with Crippen LogP contribution >= 0.6 is 23.4 Å². The lowest BCUT2D eigenvalue weighted by atomic mass is 10.1. The molecular weight excluding hydrogens is 356 g/mol. The van der Waals surface area contributed by atoms with Gasteiger partial charge in [0, 0.05) is 26.6 Å². The van der Waals surface area contributed by atoms with Crippen LogP contribution in [0.15, 0.2) is 65.6 Å². The van der Waals surface area contributed by atoms with Crippen LogP contribution in [-0.2, 0) is 4.79 Å². The summed E-state index contributed by atoms with van der Waals surface area (Å²) in [6, 6.07) is 18.1. The summed E-state index contributed by atoms with van der Waals surface area (Å²) in [4.78, 5) is 24.4. The smallest absolute Gasteiger partial charge is 0.248 e. The molecule has 6 heteroatoms. The fourth-order valence-electron chi connectivity index (χ4n) is 2.47. The minimum absolute atomic E-state index is 0.171. The van der Waals surface area contributed by atoms with Crippen molar-refractivity contribution in [2.45, 2.75) is 4.90 Å². The second-order valence-corrected chi connectivity index (χ2v) is 6.80. The summed E-state index contributed by atoms with van der Waals surface area (Å²) >= 11 is 7.71. The molecule has 3 aromatic rings. The molecule has 126 valence electrons. The molecule has 25 heavy (non-hydrogen) atoms. The number of benzene rings is 3. The SMILES string of the molecule is NC(=O)c1cccc(NC(=O)CSc2cccc3cccc(Cl)c23)c1. The van der Waals surface area contributed by atoms with Crippen LogP contribution in [-0.4, -0.2) is 17.6 Å². The van der Waals surface area contributed by atoms with Crippen molar-refractivity contribution in [3.05, 3.63) is 71.2 Å². The molecule has 0 heterocycles. The van der Waals surface area contributed by atoms with Crippen LogP contribution in [0.4, 0.5) is 5.69 Å². The van der Waals surface area contributed by atoms with Crippen molar-refractivity contribution in [1.29, 1.82) is 0 Å². The first kappa shape index (κ1) is 17.3. The van der Waals surface area contributed by atoms with Gasteiger partial charge < -0.3 is 11.1 Å². The van der Waals surface area contributed by atoms with Crippen LogP contribution in [0.1, 0.15) is 10.4 Å². The van der Waals surface area contributed by atoms with E-state index in [1.54, 1.807) is 24.3 Å². The molecule has 0 aliphatic carbocycles. The fraction of sp³-hybridized carbons (Fsp3) is 0.0526. The molecule has 2 amide bonds. The summed E-state index contributed by atoms with van der Waals surface area (Å²) in [5.41, 5.74) is 6.14. The van der Waals surface area contributed by atoms with Gasteiger partial charge in [-0.1, -0.05) is 41.9 Å². The van der Waals surface area contributed by atoms with Crippen molar-refractivity contribution < 1.29 is 9.59 Å². The Hall–Kier alpha value is -2.50. The Kier molecular flexibility index (Phi) is 5.26. The first-order chi connectivity index (χ1) is 12.0. The van der Waals surface area contributed by atoms with Crippen LogP contribution in [0, 0.1) is 0 Å². The third-order valence-electron chi connectivity index (χ3n) is 3.61. The van der Waals surface area contributed by atoms with E-state index in [0.717, 1.165) is 15.7 Å². The number of hydrogen-bond donors (Lipinski definition) is 2. The number of amides is 2. The van der Waals surface area contributed by atoms with Crippen LogP contribution in [0.25, 0.3) is 10.8 Å². The lowest BCUT2D eigenvalue weighted by Gasteiger charge is -2.09. The van der Waals surface area contributed by atoms with Gasteiger partial charge in [0.2, 0.25) is 11.8 Å². The monoisotopic (exact) mass is 370 g/mol. The quantitative estimate of drug-likeness (QED) is 0.657. The van der Waals surface area contributed by atoms with E-state index in [4.69, 9.17) is 17.3 Å². The Bertz CT molecular complexity index is 954. The van der Waals surface area contributed by atoms with Gasteiger partial charge in [0.15, 0.2) is 0 Å². The zero-order valence-corrected chi connectivity index (χ0v) is 14.7. The maximum absolute atomic E-state index is 12.2. The molecule has 3 aromatic carbocycles. The van der Waals surface area contributed by atoms with E-state index in [9.17, 15) is 9.59 Å². The number of carbonyl (C=O) groups excluding carboxylic acids is 2. The molecular formula is C19H15ClN2O2S. The average molecular weight is 371 g/mol. The molecule has 0 atom stereocenters. The second-order valence-electron chi connectivity index (χ2n) is 5.38. The summed E-state index contributed by atoms with van der Waals surface area (Å²) in [7, 11) is 0. The van der Waals surface area contributed by atoms with Crippen LogP contribution < -0.4 is 11.1 Å². The molecule has 0 unspecified atom stereocenters. The van der Waals surface area contributed by atoms with Gasteiger partial charge in [-0.15, -0.1) is 11.8 Å². The molecule has 3 rings (SSSR count). The Labute approximate surface area is 154 Å². The predicted octanol–water partition coefficient (Wildman–Crippen LogP) is 4.32. The summed E-state index contributed by atoms with van der Waals surface area (Å²) in [6.07, 6.45) is 0. The van der Waals surface area contributed by atoms with E-state index in [1.165, 1.54) is 11.8 Å². The van der Waals surface area contributed by atoms with E-state index in [0.29, 0.717) is 16.3 Å². The minimum atomic E-state index is -0.532. The predicted molar refractivity (Wildman–Crippen MR) is 103 cm³/mol. The number of nitrogens with two attached hydrogens (primary N) is 1. The number of rotatable bonds is 5. The van der Waals surface area contributed by atoms with Gasteiger partial charge >= 0.3 is 0 Å². The number of nitrogens with one attached hydrogen (secondary N) is 1. The van der Waals surface area contributed by atoms with E-state index in [-0.39, 0.29) is 11.7 Å². The molecule has 0 bridgehead atoms. The standard InChI is InChI=1S/C19H15ClN2O2S/c20-15-8-2-4-12-5-3-9-16(18(12)15)25-11-17(23)22-14-7-1-6-13(10-14)19(21)24/h1-10H,11H2,(H2,21,24)(H,22,23). The van der Waals surface area contributed by atoms with Gasteiger partial charge in [-0.25, -0.2) is 0 Å². The highest BCUT2D eigenvalue weighted by molar-refractivity contribution is 8.00. The molecule has 0 saturated heterocycles. The third kappa shape index (κ3) is 4.13. The zero-order valence-electron chi connectivity index (χ0n) is 13.2. The Morgan fingerprint density at radius 3 is 2.52 bits per heavy atom. The van der Waals surface area contributed by atoms with Gasteiger partial charge in [0.25, 0.3) is 0 Å². The average Bonchev–Trinajstić information content (AvgIpc) is 2.60. The number of fused-ring (bicyclic) bond motifs is 1.